The number of nitrogens with one attached hydrogen (secondary N) is 1. The summed E-state index contributed by atoms with van der Waals surface area (Å²) in [5.74, 6) is 0.0807. The molecular weight excluding hydrogens is 382 g/mol. The normalized spacial score (nSPS) is 10.8. The lowest BCUT2D eigenvalue weighted by Crippen LogP contribution is -2.15. The SMILES string of the molecule is CCn1ncc(-c2ccnc(SCC(=O)Nc3cc(Cl)ccc3C)n2)c1C. The smallest absolute Gasteiger partial charge is 0.234 e. The standard InChI is InChI=1S/C19H20ClN5OS/c1-4-25-13(3)15(10-22-25)16-7-8-21-19(24-16)27-11-18(26)23-17-9-14(20)6-5-12(17)2/h5-10H,4,11H2,1-3H3,(H,23,26). The molecule has 0 aliphatic heterocycles. The van der Waals surface area contributed by atoms with E-state index < -0.39 is 0 Å². The van der Waals surface area contributed by atoms with Crippen LogP contribution in [0.25, 0.3) is 11.3 Å². The minimum Gasteiger partial charge on any atom is -0.325 e. The Labute approximate surface area is 167 Å². The van der Waals surface area contributed by atoms with Gasteiger partial charge < -0.3 is 5.32 Å². The summed E-state index contributed by atoms with van der Waals surface area (Å²) in [6, 6.07) is 7.26. The third kappa shape index (κ3) is 4.67. The second-order valence-electron chi connectivity index (χ2n) is 5.98. The maximum absolute atomic E-state index is 12.3. The highest BCUT2D eigenvalue weighted by atomic mass is 35.5. The van der Waals surface area contributed by atoms with Gasteiger partial charge in [-0.05, 0) is 44.5 Å². The van der Waals surface area contributed by atoms with Crippen LogP contribution in [0.2, 0.25) is 5.02 Å². The molecule has 0 atom stereocenters. The van der Waals surface area contributed by atoms with Crippen LogP contribution in [0.4, 0.5) is 5.69 Å². The highest BCUT2D eigenvalue weighted by Crippen LogP contribution is 2.24. The number of anilines is 1. The fourth-order valence-corrected chi connectivity index (χ4v) is 3.43. The number of aromatic nitrogens is 4. The molecule has 8 heteroatoms. The van der Waals surface area contributed by atoms with Crippen LogP contribution in [-0.2, 0) is 11.3 Å². The predicted molar refractivity (Wildman–Crippen MR) is 109 cm³/mol. The van der Waals surface area contributed by atoms with Crippen LogP contribution in [0.5, 0.6) is 0 Å². The number of thioether (sulfide) groups is 1. The molecule has 27 heavy (non-hydrogen) atoms. The van der Waals surface area contributed by atoms with Crippen LogP contribution in [0.15, 0.2) is 41.8 Å². The second-order valence-corrected chi connectivity index (χ2v) is 7.36. The molecule has 6 nitrogen and oxygen atoms in total. The van der Waals surface area contributed by atoms with Crippen LogP contribution in [0, 0.1) is 13.8 Å². The molecule has 0 aliphatic rings. The van der Waals surface area contributed by atoms with Gasteiger partial charge in [-0.15, -0.1) is 0 Å². The molecule has 3 rings (SSSR count). The lowest BCUT2D eigenvalue weighted by Gasteiger charge is -2.08. The summed E-state index contributed by atoms with van der Waals surface area (Å²) in [6.07, 6.45) is 3.51. The Morgan fingerprint density at radius 3 is 2.85 bits per heavy atom. The number of aryl methyl sites for hydroxylation is 2. The summed E-state index contributed by atoms with van der Waals surface area (Å²) in [4.78, 5) is 21.1. The molecule has 0 fully saturated rings. The van der Waals surface area contributed by atoms with Crippen molar-refractivity contribution in [3.63, 3.8) is 0 Å². The molecule has 3 aromatic rings. The lowest BCUT2D eigenvalue weighted by molar-refractivity contribution is -0.113. The first-order valence-electron chi connectivity index (χ1n) is 8.52. The molecule has 0 spiro atoms. The quantitative estimate of drug-likeness (QED) is 0.490. The molecular formula is C19H20ClN5OS. The van der Waals surface area contributed by atoms with Crippen LogP contribution in [0.1, 0.15) is 18.2 Å². The number of benzene rings is 1. The van der Waals surface area contributed by atoms with E-state index in [4.69, 9.17) is 11.6 Å². The fourth-order valence-electron chi connectivity index (χ4n) is 2.62. The number of carbonyl (C=O) groups is 1. The molecule has 1 amide bonds. The van der Waals surface area contributed by atoms with E-state index in [2.05, 4.69) is 20.4 Å². The Balaban J connectivity index is 1.67. The van der Waals surface area contributed by atoms with E-state index in [-0.39, 0.29) is 11.7 Å². The van der Waals surface area contributed by atoms with E-state index in [0.717, 1.165) is 29.1 Å². The molecule has 0 saturated carbocycles. The summed E-state index contributed by atoms with van der Waals surface area (Å²) in [5, 5.41) is 8.36. The van der Waals surface area contributed by atoms with Crippen molar-refractivity contribution in [1.29, 1.82) is 0 Å². The van der Waals surface area contributed by atoms with Crippen molar-refractivity contribution in [2.24, 2.45) is 0 Å². The van der Waals surface area contributed by atoms with Crippen molar-refractivity contribution >= 4 is 35.0 Å². The van der Waals surface area contributed by atoms with Gasteiger partial charge in [0, 0.05) is 34.7 Å². The van der Waals surface area contributed by atoms with Crippen molar-refractivity contribution < 1.29 is 4.79 Å². The molecule has 1 aromatic carbocycles. The molecule has 2 heterocycles. The highest BCUT2D eigenvalue weighted by Gasteiger charge is 2.12. The van der Waals surface area contributed by atoms with Crippen molar-refractivity contribution in [1.82, 2.24) is 19.7 Å². The van der Waals surface area contributed by atoms with Crippen molar-refractivity contribution in [3.8, 4) is 11.3 Å². The van der Waals surface area contributed by atoms with E-state index >= 15 is 0 Å². The summed E-state index contributed by atoms with van der Waals surface area (Å²) in [6.45, 7) is 6.79. The topological polar surface area (TPSA) is 72.7 Å². The zero-order valence-electron chi connectivity index (χ0n) is 15.4. The highest BCUT2D eigenvalue weighted by molar-refractivity contribution is 7.99. The number of halogens is 1. The third-order valence-electron chi connectivity index (χ3n) is 4.12. The number of hydrogen-bond donors (Lipinski definition) is 1. The van der Waals surface area contributed by atoms with Crippen molar-refractivity contribution in [3.05, 3.63) is 52.9 Å². The van der Waals surface area contributed by atoms with Crippen LogP contribution >= 0.6 is 23.4 Å². The van der Waals surface area contributed by atoms with Gasteiger partial charge in [-0.2, -0.15) is 5.10 Å². The van der Waals surface area contributed by atoms with E-state index in [1.165, 1.54) is 11.8 Å². The molecule has 140 valence electrons. The van der Waals surface area contributed by atoms with Gasteiger partial charge in [-0.25, -0.2) is 9.97 Å². The maximum Gasteiger partial charge on any atom is 0.234 e. The average Bonchev–Trinajstić information content (AvgIpc) is 3.04. The monoisotopic (exact) mass is 401 g/mol. The largest absolute Gasteiger partial charge is 0.325 e. The van der Waals surface area contributed by atoms with Gasteiger partial charge >= 0.3 is 0 Å². The summed E-state index contributed by atoms with van der Waals surface area (Å²) < 4.78 is 1.92. The van der Waals surface area contributed by atoms with Crippen LogP contribution < -0.4 is 5.32 Å². The minimum atomic E-state index is -0.130. The van der Waals surface area contributed by atoms with Gasteiger partial charge in [0.1, 0.15) is 0 Å². The average molecular weight is 402 g/mol. The van der Waals surface area contributed by atoms with Gasteiger partial charge in [0.25, 0.3) is 0 Å². The van der Waals surface area contributed by atoms with Crippen molar-refractivity contribution in [2.75, 3.05) is 11.1 Å². The Morgan fingerprint density at radius 1 is 1.30 bits per heavy atom. The molecule has 0 radical (unpaired) electrons. The van der Waals surface area contributed by atoms with E-state index in [0.29, 0.717) is 15.9 Å². The van der Waals surface area contributed by atoms with Crippen LogP contribution in [-0.4, -0.2) is 31.4 Å². The molecule has 1 N–H and O–H groups in total. The Morgan fingerprint density at radius 2 is 2.11 bits per heavy atom. The maximum atomic E-state index is 12.3. The van der Waals surface area contributed by atoms with Gasteiger partial charge in [0.05, 0.1) is 17.6 Å². The summed E-state index contributed by atoms with van der Waals surface area (Å²) >= 11 is 7.28. The van der Waals surface area contributed by atoms with E-state index in [1.54, 1.807) is 18.3 Å². The zero-order chi connectivity index (χ0) is 19.4. The van der Waals surface area contributed by atoms with Gasteiger partial charge in [-0.1, -0.05) is 29.4 Å². The first-order chi connectivity index (χ1) is 13.0. The lowest BCUT2D eigenvalue weighted by atomic mass is 10.2. The molecule has 0 saturated heterocycles. The zero-order valence-corrected chi connectivity index (χ0v) is 16.9. The number of rotatable bonds is 6. The number of hydrogen-bond acceptors (Lipinski definition) is 5. The van der Waals surface area contributed by atoms with E-state index in [1.807, 2.05) is 43.8 Å². The van der Waals surface area contributed by atoms with Crippen LogP contribution in [0.3, 0.4) is 0 Å². The summed E-state index contributed by atoms with van der Waals surface area (Å²) in [5.41, 5.74) is 4.50. The Kier molecular flexibility index (Phi) is 6.13. The molecule has 2 aromatic heterocycles. The Hall–Kier alpha value is -2.38. The first kappa shape index (κ1) is 19.4. The Bertz CT molecular complexity index is 972. The third-order valence-corrected chi connectivity index (χ3v) is 5.21. The van der Waals surface area contributed by atoms with E-state index in [9.17, 15) is 4.79 Å². The minimum absolute atomic E-state index is 0.130. The predicted octanol–water partition coefficient (Wildman–Crippen LogP) is 4.36. The number of nitrogens with zero attached hydrogens (tertiary/aromatic N) is 4. The van der Waals surface area contributed by atoms with Crippen molar-refractivity contribution in [2.45, 2.75) is 32.5 Å². The fraction of sp³-hybridized carbons (Fsp3) is 0.263. The molecule has 0 bridgehead atoms. The number of carbonyl (C=O) groups excluding carboxylic acids is 1. The molecule has 0 unspecified atom stereocenters. The molecule has 0 aliphatic carbocycles. The first-order valence-corrected chi connectivity index (χ1v) is 9.89. The summed E-state index contributed by atoms with van der Waals surface area (Å²) in [7, 11) is 0. The van der Waals surface area contributed by atoms with Gasteiger partial charge in [0.15, 0.2) is 5.16 Å². The van der Waals surface area contributed by atoms with Gasteiger partial charge in [-0.3, -0.25) is 9.48 Å². The second kappa shape index (κ2) is 8.54. The number of amides is 1. The van der Waals surface area contributed by atoms with Gasteiger partial charge in [0.2, 0.25) is 5.91 Å².